The number of nitrogens with zero attached hydrogens (tertiary/aromatic N) is 2. The number of aliphatic carboxylic acids is 1. The molecule has 1 unspecified atom stereocenters. The average molecular weight is 697 g/mol. The predicted molar refractivity (Wildman–Crippen MR) is 161 cm³/mol. The number of alkyl halides is 6. The minimum atomic E-state index is -5.08. The largest absolute Gasteiger partial charge is 0.490 e. The number of hydrogen-bond donors (Lipinski definition) is 3. The molecule has 0 aliphatic carbocycles. The van der Waals surface area contributed by atoms with Gasteiger partial charge < -0.3 is 15.8 Å². The number of likely N-dealkylation sites (tertiary alicyclic amines) is 1. The fourth-order valence-corrected chi connectivity index (χ4v) is 7.95. The molecule has 1 atom stereocenters. The molecule has 9 nitrogen and oxygen atoms in total. The molecule has 0 radical (unpaired) electrons. The fourth-order valence-electron chi connectivity index (χ4n) is 5.88. The van der Waals surface area contributed by atoms with Gasteiger partial charge in [-0.1, -0.05) is 0 Å². The maximum absolute atomic E-state index is 13.2. The first kappa shape index (κ1) is 35.7. The fraction of sp³-hybridized carbons (Fsp3) is 0.517. The van der Waals surface area contributed by atoms with E-state index in [4.69, 9.17) is 15.6 Å². The monoisotopic (exact) mass is 696 g/mol. The number of rotatable bonds is 7. The number of carboxylic acids is 1. The summed E-state index contributed by atoms with van der Waals surface area (Å²) >= 11 is 1.50. The van der Waals surface area contributed by atoms with Gasteiger partial charge in [-0.15, -0.1) is 11.3 Å². The molecule has 2 aliphatic heterocycles. The minimum Gasteiger partial charge on any atom is -0.475 e. The first-order valence-corrected chi connectivity index (χ1v) is 17.0. The average Bonchev–Trinajstić information content (AvgIpc) is 3.63. The number of nitrogens with two attached hydrogens (primary N) is 1. The zero-order chi connectivity index (χ0) is 34.0. The Labute approximate surface area is 265 Å². The number of aromatic amines is 1. The quantitative estimate of drug-likeness (QED) is 0.262. The first-order valence-electron chi connectivity index (χ1n) is 14.5. The highest BCUT2D eigenvalue weighted by molar-refractivity contribution is 7.89. The second-order valence-electron chi connectivity index (χ2n) is 11.3. The van der Waals surface area contributed by atoms with E-state index < -0.39 is 40.2 Å². The summed E-state index contributed by atoms with van der Waals surface area (Å²) in [5.74, 6) is -4.38. The van der Waals surface area contributed by atoms with Gasteiger partial charge in [0.1, 0.15) is 0 Å². The number of sulfonamides is 1. The highest BCUT2D eigenvalue weighted by atomic mass is 32.2. The summed E-state index contributed by atoms with van der Waals surface area (Å²) in [4.78, 5) is 27.3. The molecule has 4 N–H and O–H groups in total. The van der Waals surface area contributed by atoms with Crippen molar-refractivity contribution in [3.05, 3.63) is 45.8 Å². The number of carbonyl (C=O) groups is 2. The number of nitrogens with one attached hydrogen (secondary N) is 1. The number of fused-ring (bicyclic) bond motifs is 1. The van der Waals surface area contributed by atoms with Crippen LogP contribution in [0, 0.1) is 5.92 Å². The number of hydrogen-bond acceptors (Lipinski definition) is 6. The second-order valence-corrected chi connectivity index (χ2v) is 14.6. The maximum Gasteiger partial charge on any atom is 0.490 e. The lowest BCUT2D eigenvalue weighted by Crippen LogP contribution is -2.41. The van der Waals surface area contributed by atoms with Crippen LogP contribution in [0.15, 0.2) is 29.8 Å². The van der Waals surface area contributed by atoms with Crippen molar-refractivity contribution in [3.63, 3.8) is 0 Å². The lowest BCUT2D eigenvalue weighted by atomic mass is 9.88. The van der Waals surface area contributed by atoms with E-state index in [0.717, 1.165) is 27.0 Å². The van der Waals surface area contributed by atoms with Crippen LogP contribution in [-0.4, -0.2) is 83.9 Å². The molecular weight excluding hydrogens is 662 g/mol. The number of thiophene rings is 1. The Morgan fingerprint density at radius 1 is 1.04 bits per heavy atom. The van der Waals surface area contributed by atoms with Gasteiger partial charge in [0.05, 0.1) is 22.8 Å². The number of carbonyl (C=O) groups excluding carboxylic acids is 1. The lowest BCUT2D eigenvalue weighted by molar-refractivity contribution is -0.192. The number of piperidine rings is 2. The van der Waals surface area contributed by atoms with Gasteiger partial charge in [0, 0.05) is 42.6 Å². The summed E-state index contributed by atoms with van der Waals surface area (Å²) in [6, 6.07) is 5.76. The Morgan fingerprint density at radius 2 is 1.70 bits per heavy atom. The number of carboxylic acid groups (broad SMARTS) is 1. The van der Waals surface area contributed by atoms with Crippen LogP contribution in [0.3, 0.4) is 0 Å². The van der Waals surface area contributed by atoms with Crippen molar-refractivity contribution in [3.8, 4) is 11.1 Å². The van der Waals surface area contributed by atoms with E-state index in [9.17, 15) is 39.6 Å². The van der Waals surface area contributed by atoms with E-state index in [1.165, 1.54) is 11.3 Å². The van der Waals surface area contributed by atoms with Gasteiger partial charge in [0.2, 0.25) is 10.0 Å². The lowest BCUT2D eigenvalue weighted by Gasteiger charge is -2.33. The van der Waals surface area contributed by atoms with Gasteiger partial charge in [-0.3, -0.25) is 9.69 Å². The van der Waals surface area contributed by atoms with Crippen molar-refractivity contribution in [2.24, 2.45) is 11.7 Å². The number of amides is 1. The zero-order valence-corrected chi connectivity index (χ0v) is 26.4. The molecule has 2 aliphatic rings. The Morgan fingerprint density at radius 3 is 2.26 bits per heavy atom. The third-order valence-corrected chi connectivity index (χ3v) is 11.1. The van der Waals surface area contributed by atoms with Crippen LogP contribution < -0.4 is 5.73 Å². The van der Waals surface area contributed by atoms with Crippen LogP contribution in [0.25, 0.3) is 22.0 Å². The summed E-state index contributed by atoms with van der Waals surface area (Å²) < 4.78 is 97.6. The third-order valence-electron chi connectivity index (χ3n) is 8.32. The van der Waals surface area contributed by atoms with Crippen molar-refractivity contribution in [2.45, 2.75) is 57.4 Å². The molecule has 254 valence electrons. The molecule has 5 rings (SSSR count). The number of primary amides is 1. The van der Waals surface area contributed by atoms with Crippen molar-refractivity contribution in [1.82, 2.24) is 14.2 Å². The van der Waals surface area contributed by atoms with Crippen LogP contribution in [-0.2, 0) is 21.4 Å². The summed E-state index contributed by atoms with van der Waals surface area (Å²) in [5, 5.41) is 9.97. The van der Waals surface area contributed by atoms with Crippen molar-refractivity contribution in [2.75, 3.05) is 31.9 Å². The molecule has 1 aromatic carbocycles. The molecule has 0 saturated carbocycles. The molecule has 1 amide bonds. The van der Waals surface area contributed by atoms with E-state index in [1.54, 1.807) is 17.3 Å². The van der Waals surface area contributed by atoms with Crippen molar-refractivity contribution < 1.29 is 49.5 Å². The highest BCUT2D eigenvalue weighted by Gasteiger charge is 2.42. The summed E-state index contributed by atoms with van der Waals surface area (Å²) in [7, 11) is -3.23. The summed E-state index contributed by atoms with van der Waals surface area (Å²) in [5.41, 5.74) is 9.51. The van der Waals surface area contributed by atoms with E-state index in [-0.39, 0.29) is 24.6 Å². The topological polar surface area (TPSA) is 137 Å². The minimum absolute atomic E-state index is 0.0135. The smallest absolute Gasteiger partial charge is 0.475 e. The second kappa shape index (κ2) is 13.9. The normalized spacial score (nSPS) is 19.2. The van der Waals surface area contributed by atoms with Gasteiger partial charge >= 0.3 is 18.3 Å². The summed E-state index contributed by atoms with van der Waals surface area (Å²) in [6.45, 7) is 3.67. The van der Waals surface area contributed by atoms with E-state index >= 15 is 0 Å². The molecule has 3 aromatic rings. The van der Waals surface area contributed by atoms with Crippen molar-refractivity contribution >= 4 is 44.1 Å². The molecule has 2 fully saturated rings. The Kier molecular flexibility index (Phi) is 10.8. The molecule has 17 heteroatoms. The van der Waals surface area contributed by atoms with Crippen LogP contribution in [0.4, 0.5) is 26.3 Å². The molecule has 46 heavy (non-hydrogen) atoms. The number of aromatic nitrogens is 1. The van der Waals surface area contributed by atoms with E-state index in [2.05, 4.69) is 4.98 Å². The Hall–Kier alpha value is -3.15. The van der Waals surface area contributed by atoms with Gasteiger partial charge in [0.15, 0.2) is 0 Å². The van der Waals surface area contributed by atoms with Crippen LogP contribution >= 0.6 is 11.3 Å². The Bertz CT molecular complexity index is 1660. The number of benzene rings is 1. The molecule has 0 spiro atoms. The van der Waals surface area contributed by atoms with Gasteiger partial charge in [0.25, 0.3) is 5.91 Å². The standard InChI is InChI=1S/C27H33F3N4O3S2.C2HF3O2/c1-2-39(36,37)34-8-5-17(6-9-34)24-13-32-25-22(24)11-18(12-23(25)26(31)35)19-10-21(38-16-19)15-33-7-3-4-20(14-33)27(28,29)30;3-2(4,5)1(6)7/h10-13,16-17,20,32H,2-9,14-15H2,1H3,(H2,31,35);(H,6,7). The number of H-pyrrole nitrogens is 1. The predicted octanol–water partition coefficient (Wildman–Crippen LogP) is 5.93. The van der Waals surface area contributed by atoms with Crippen LogP contribution in [0.1, 0.15) is 59.3 Å². The van der Waals surface area contributed by atoms with E-state index in [0.29, 0.717) is 56.5 Å². The molecular formula is C29H34F6N4O5S2. The van der Waals surface area contributed by atoms with E-state index in [1.807, 2.05) is 28.6 Å². The van der Waals surface area contributed by atoms with Crippen LogP contribution in [0.5, 0.6) is 0 Å². The number of halogens is 6. The maximum atomic E-state index is 13.2. The highest BCUT2D eigenvalue weighted by Crippen LogP contribution is 2.39. The molecule has 2 aromatic heterocycles. The van der Waals surface area contributed by atoms with Gasteiger partial charge in [-0.2, -0.15) is 26.3 Å². The summed E-state index contributed by atoms with van der Waals surface area (Å²) in [6.07, 6.45) is -5.30. The SMILES string of the molecule is CCS(=O)(=O)N1CCC(c2c[nH]c3c(C(N)=O)cc(-c4csc(CN5CCCC(C(F)(F)F)C5)c4)cc23)CC1.O=C(O)C(F)(F)F. The molecule has 4 heterocycles. The zero-order valence-electron chi connectivity index (χ0n) is 24.7. The molecule has 0 bridgehead atoms. The van der Waals surface area contributed by atoms with Crippen LogP contribution in [0.2, 0.25) is 0 Å². The third kappa shape index (κ3) is 8.41. The van der Waals surface area contributed by atoms with Gasteiger partial charge in [-0.25, -0.2) is 17.5 Å². The Balaban J connectivity index is 0.000000617. The van der Waals surface area contributed by atoms with Crippen molar-refractivity contribution in [1.29, 1.82) is 0 Å². The molecule has 2 saturated heterocycles. The van der Waals surface area contributed by atoms with Gasteiger partial charge in [-0.05, 0) is 85.3 Å². The first-order chi connectivity index (χ1) is 21.4.